The Balaban J connectivity index is 1.64. The minimum Gasteiger partial charge on any atom is -0.361 e. The second-order valence-electron chi connectivity index (χ2n) is 6.45. The van der Waals surface area contributed by atoms with E-state index < -0.39 is 11.6 Å². The summed E-state index contributed by atoms with van der Waals surface area (Å²) < 4.78 is 32.7. The van der Waals surface area contributed by atoms with Crippen LogP contribution in [-0.4, -0.2) is 35.1 Å². The number of carbonyl (C=O) groups is 1. The van der Waals surface area contributed by atoms with Gasteiger partial charge in [0.25, 0.3) is 5.91 Å². The maximum absolute atomic E-state index is 13.8. The molecule has 1 amide bonds. The molecule has 3 rings (SSSR count). The van der Waals surface area contributed by atoms with E-state index in [9.17, 15) is 13.6 Å². The van der Waals surface area contributed by atoms with Crippen LogP contribution in [0.3, 0.4) is 0 Å². The van der Waals surface area contributed by atoms with E-state index >= 15 is 0 Å². The first-order valence-electron chi connectivity index (χ1n) is 8.34. The summed E-state index contributed by atoms with van der Waals surface area (Å²) in [5, 5.41) is 6.77. The number of carbonyl (C=O) groups excluding carboxylic acids is 1. The molecule has 1 fully saturated rings. The molecule has 134 valence electrons. The van der Waals surface area contributed by atoms with Crippen LogP contribution in [0.4, 0.5) is 8.78 Å². The highest BCUT2D eigenvalue weighted by molar-refractivity contribution is 5.96. The summed E-state index contributed by atoms with van der Waals surface area (Å²) in [5.41, 5.74) is 1.08. The first-order chi connectivity index (χ1) is 12.0. The molecule has 5 nitrogen and oxygen atoms in total. The first-order valence-corrected chi connectivity index (χ1v) is 8.34. The van der Waals surface area contributed by atoms with E-state index in [2.05, 4.69) is 10.5 Å². The van der Waals surface area contributed by atoms with E-state index in [1.165, 1.54) is 18.2 Å². The fourth-order valence-corrected chi connectivity index (χ4v) is 3.29. The highest BCUT2D eigenvalue weighted by atomic mass is 19.1. The third-order valence-corrected chi connectivity index (χ3v) is 4.54. The van der Waals surface area contributed by atoms with Crippen molar-refractivity contribution in [2.75, 3.05) is 13.1 Å². The zero-order valence-corrected chi connectivity index (χ0v) is 14.3. The standard InChI is InChI=1S/C18H21F2N3O2/c1-11-17(12(2)25-22-11)18(24)21-13-5-4-8-23(9-13)10-14-15(19)6-3-7-16(14)20/h3,6-7,13H,4-5,8-10H2,1-2H3,(H,21,24). The van der Waals surface area contributed by atoms with Gasteiger partial charge < -0.3 is 9.84 Å². The molecule has 7 heteroatoms. The zero-order chi connectivity index (χ0) is 18.0. The van der Waals surface area contributed by atoms with Gasteiger partial charge in [-0.15, -0.1) is 0 Å². The maximum Gasteiger partial charge on any atom is 0.257 e. The maximum atomic E-state index is 13.8. The van der Waals surface area contributed by atoms with Gasteiger partial charge in [0.15, 0.2) is 0 Å². The SMILES string of the molecule is Cc1noc(C)c1C(=O)NC1CCCN(Cc2c(F)cccc2F)C1. The topological polar surface area (TPSA) is 58.4 Å². The van der Waals surface area contributed by atoms with Crippen molar-refractivity contribution in [3.05, 3.63) is 52.4 Å². The second-order valence-corrected chi connectivity index (χ2v) is 6.45. The lowest BCUT2D eigenvalue weighted by Gasteiger charge is -2.33. The number of benzene rings is 1. The number of rotatable bonds is 4. The molecule has 1 unspecified atom stereocenters. The molecule has 1 aromatic heterocycles. The van der Waals surface area contributed by atoms with Gasteiger partial charge in [-0.3, -0.25) is 9.69 Å². The Hall–Kier alpha value is -2.28. The molecule has 0 aliphatic carbocycles. The van der Waals surface area contributed by atoms with Gasteiger partial charge in [-0.1, -0.05) is 11.2 Å². The van der Waals surface area contributed by atoms with E-state index in [0.29, 0.717) is 23.6 Å². The molecule has 2 heterocycles. The van der Waals surface area contributed by atoms with Crippen molar-refractivity contribution >= 4 is 5.91 Å². The fraction of sp³-hybridized carbons (Fsp3) is 0.444. The van der Waals surface area contributed by atoms with Gasteiger partial charge in [0.1, 0.15) is 23.0 Å². The number of halogens is 2. The molecule has 1 saturated heterocycles. The number of likely N-dealkylation sites (tertiary alicyclic amines) is 1. The summed E-state index contributed by atoms with van der Waals surface area (Å²) in [6.07, 6.45) is 1.67. The molecule has 1 aromatic carbocycles. The van der Waals surface area contributed by atoms with Crippen molar-refractivity contribution < 1.29 is 18.1 Å². The molecule has 1 aliphatic heterocycles. The molecule has 1 atom stereocenters. The van der Waals surface area contributed by atoms with Crippen LogP contribution in [0.2, 0.25) is 0 Å². The number of hydrogen-bond donors (Lipinski definition) is 1. The molecule has 1 N–H and O–H groups in total. The van der Waals surface area contributed by atoms with Crippen molar-refractivity contribution in [3.8, 4) is 0 Å². The number of nitrogens with zero attached hydrogens (tertiary/aromatic N) is 2. The molecule has 25 heavy (non-hydrogen) atoms. The lowest BCUT2D eigenvalue weighted by molar-refractivity contribution is 0.0897. The molecular formula is C18H21F2N3O2. The number of amides is 1. The molecule has 2 aromatic rings. The molecule has 0 bridgehead atoms. The quantitative estimate of drug-likeness (QED) is 0.922. The Labute approximate surface area is 145 Å². The summed E-state index contributed by atoms with van der Waals surface area (Å²) in [6, 6.07) is 3.81. The van der Waals surface area contributed by atoms with Gasteiger partial charge in [0.2, 0.25) is 0 Å². The second kappa shape index (κ2) is 7.31. The number of piperidine rings is 1. The van der Waals surface area contributed by atoms with Gasteiger partial charge in [-0.2, -0.15) is 0 Å². The summed E-state index contributed by atoms with van der Waals surface area (Å²) >= 11 is 0. The average molecular weight is 349 g/mol. The minimum atomic E-state index is -0.540. The zero-order valence-electron chi connectivity index (χ0n) is 14.3. The third-order valence-electron chi connectivity index (χ3n) is 4.54. The van der Waals surface area contributed by atoms with Crippen LogP contribution in [0.5, 0.6) is 0 Å². The summed E-state index contributed by atoms with van der Waals surface area (Å²) in [4.78, 5) is 14.4. The van der Waals surface area contributed by atoms with Crippen LogP contribution in [0.1, 0.15) is 40.2 Å². The average Bonchev–Trinajstić information content (AvgIpc) is 2.90. The lowest BCUT2D eigenvalue weighted by Crippen LogP contribution is -2.47. The molecular weight excluding hydrogens is 328 g/mol. The Kier molecular flexibility index (Phi) is 5.13. The summed E-state index contributed by atoms with van der Waals surface area (Å²) in [6.45, 7) is 4.90. The van der Waals surface area contributed by atoms with Crippen molar-refractivity contribution in [1.29, 1.82) is 0 Å². The minimum absolute atomic E-state index is 0.0696. The van der Waals surface area contributed by atoms with Gasteiger partial charge in [0, 0.05) is 24.7 Å². The van der Waals surface area contributed by atoms with E-state index in [-0.39, 0.29) is 24.1 Å². The van der Waals surface area contributed by atoms with Crippen LogP contribution < -0.4 is 5.32 Å². The van der Waals surface area contributed by atoms with Crippen molar-refractivity contribution in [2.24, 2.45) is 0 Å². The summed E-state index contributed by atoms with van der Waals surface area (Å²) in [7, 11) is 0. The van der Waals surface area contributed by atoms with Crippen LogP contribution in [0, 0.1) is 25.5 Å². The Morgan fingerprint density at radius 2 is 2.08 bits per heavy atom. The molecule has 0 spiro atoms. The van der Waals surface area contributed by atoms with Crippen LogP contribution in [0.25, 0.3) is 0 Å². The normalized spacial score (nSPS) is 18.3. The van der Waals surface area contributed by atoms with E-state index in [0.717, 1.165) is 19.4 Å². The van der Waals surface area contributed by atoms with Gasteiger partial charge in [-0.05, 0) is 45.4 Å². The fourth-order valence-electron chi connectivity index (χ4n) is 3.29. The van der Waals surface area contributed by atoms with Crippen molar-refractivity contribution in [3.63, 3.8) is 0 Å². The lowest BCUT2D eigenvalue weighted by atomic mass is 10.0. The third kappa shape index (κ3) is 3.87. The highest BCUT2D eigenvalue weighted by Crippen LogP contribution is 2.19. The van der Waals surface area contributed by atoms with Gasteiger partial charge in [-0.25, -0.2) is 8.78 Å². The van der Waals surface area contributed by atoms with Crippen LogP contribution in [0.15, 0.2) is 22.7 Å². The predicted octanol–water partition coefficient (Wildman–Crippen LogP) is 2.96. The van der Waals surface area contributed by atoms with Crippen LogP contribution in [-0.2, 0) is 6.54 Å². The Morgan fingerprint density at radius 3 is 2.72 bits per heavy atom. The monoisotopic (exact) mass is 349 g/mol. The number of hydrogen-bond acceptors (Lipinski definition) is 4. The van der Waals surface area contributed by atoms with E-state index in [1.807, 2.05) is 4.90 Å². The molecule has 0 radical (unpaired) electrons. The number of aryl methyl sites for hydroxylation is 2. The largest absolute Gasteiger partial charge is 0.361 e. The van der Waals surface area contributed by atoms with Gasteiger partial charge >= 0.3 is 0 Å². The Morgan fingerprint density at radius 1 is 1.36 bits per heavy atom. The van der Waals surface area contributed by atoms with Crippen LogP contribution >= 0.6 is 0 Å². The smallest absolute Gasteiger partial charge is 0.257 e. The van der Waals surface area contributed by atoms with E-state index in [4.69, 9.17) is 4.52 Å². The molecule has 0 saturated carbocycles. The number of aromatic nitrogens is 1. The molecule has 1 aliphatic rings. The predicted molar refractivity (Wildman–Crippen MR) is 88.1 cm³/mol. The highest BCUT2D eigenvalue weighted by Gasteiger charge is 2.25. The van der Waals surface area contributed by atoms with E-state index in [1.54, 1.807) is 13.8 Å². The Bertz CT molecular complexity index is 736. The first kappa shape index (κ1) is 17.5. The van der Waals surface area contributed by atoms with Crippen molar-refractivity contribution in [1.82, 2.24) is 15.4 Å². The van der Waals surface area contributed by atoms with Gasteiger partial charge in [0.05, 0.1) is 5.69 Å². The summed E-state index contributed by atoms with van der Waals surface area (Å²) in [5.74, 6) is -0.819. The number of nitrogens with one attached hydrogen (secondary N) is 1. The van der Waals surface area contributed by atoms with Crippen molar-refractivity contribution in [2.45, 2.75) is 39.3 Å².